The molecular formula is C12H15N5S. The predicted octanol–water partition coefficient (Wildman–Crippen LogP) is 1.57. The van der Waals surface area contributed by atoms with E-state index >= 15 is 0 Å². The normalized spacial score (nSPS) is 16.1. The van der Waals surface area contributed by atoms with Crippen LogP contribution in [0.25, 0.3) is 0 Å². The smallest absolute Gasteiger partial charge is 0.185 e. The maximum absolute atomic E-state index is 4.35. The molecule has 0 atom stereocenters. The molecule has 0 spiro atoms. The van der Waals surface area contributed by atoms with Crippen LogP contribution in [0, 0.1) is 6.92 Å². The predicted molar refractivity (Wildman–Crippen MR) is 73.3 cm³/mol. The van der Waals surface area contributed by atoms with E-state index in [0.717, 1.165) is 42.8 Å². The zero-order valence-electron chi connectivity index (χ0n) is 10.3. The van der Waals surface area contributed by atoms with E-state index < -0.39 is 0 Å². The Kier molecular flexibility index (Phi) is 3.10. The van der Waals surface area contributed by atoms with E-state index in [0.29, 0.717) is 0 Å². The Morgan fingerprint density at radius 2 is 1.83 bits per heavy atom. The molecule has 1 fully saturated rings. The number of thiazole rings is 1. The molecule has 0 unspecified atom stereocenters. The molecule has 0 saturated carbocycles. The van der Waals surface area contributed by atoms with Gasteiger partial charge in [0, 0.05) is 49.5 Å². The summed E-state index contributed by atoms with van der Waals surface area (Å²) < 4.78 is 0. The second kappa shape index (κ2) is 4.89. The van der Waals surface area contributed by atoms with Gasteiger partial charge in [-0.3, -0.25) is 0 Å². The number of aromatic nitrogens is 3. The summed E-state index contributed by atoms with van der Waals surface area (Å²) in [4.78, 5) is 17.5. The molecule has 0 aromatic carbocycles. The van der Waals surface area contributed by atoms with E-state index in [9.17, 15) is 0 Å². The number of aryl methyl sites for hydroxylation is 1. The summed E-state index contributed by atoms with van der Waals surface area (Å²) in [5.74, 6) is 1.03. The van der Waals surface area contributed by atoms with Crippen molar-refractivity contribution in [1.29, 1.82) is 0 Å². The van der Waals surface area contributed by atoms with Crippen molar-refractivity contribution >= 4 is 22.3 Å². The van der Waals surface area contributed by atoms with Gasteiger partial charge in [-0.25, -0.2) is 15.0 Å². The van der Waals surface area contributed by atoms with Crippen molar-refractivity contribution in [1.82, 2.24) is 15.0 Å². The summed E-state index contributed by atoms with van der Waals surface area (Å²) in [6.45, 7) is 5.95. The summed E-state index contributed by atoms with van der Waals surface area (Å²) >= 11 is 1.70. The summed E-state index contributed by atoms with van der Waals surface area (Å²) in [6, 6.07) is 2.04. The highest BCUT2D eigenvalue weighted by Gasteiger charge is 2.19. The largest absolute Gasteiger partial charge is 0.353 e. The molecule has 3 rings (SSSR count). The highest BCUT2D eigenvalue weighted by atomic mass is 32.1. The quantitative estimate of drug-likeness (QED) is 0.821. The van der Waals surface area contributed by atoms with Crippen LogP contribution in [0.2, 0.25) is 0 Å². The minimum atomic E-state index is 0.982. The van der Waals surface area contributed by atoms with Crippen molar-refractivity contribution in [2.45, 2.75) is 6.92 Å². The first-order valence-corrected chi connectivity index (χ1v) is 6.89. The van der Waals surface area contributed by atoms with E-state index in [1.54, 1.807) is 17.7 Å². The first-order chi connectivity index (χ1) is 8.83. The molecule has 1 aliphatic heterocycles. The molecule has 2 aromatic heterocycles. The maximum Gasteiger partial charge on any atom is 0.185 e. The molecule has 0 amide bonds. The third-order valence-corrected chi connectivity index (χ3v) is 3.92. The van der Waals surface area contributed by atoms with Gasteiger partial charge in [0.05, 0.1) is 0 Å². The number of hydrogen-bond acceptors (Lipinski definition) is 6. The molecule has 0 aliphatic carbocycles. The molecule has 0 radical (unpaired) electrons. The van der Waals surface area contributed by atoms with Gasteiger partial charge in [-0.2, -0.15) is 0 Å². The highest BCUT2D eigenvalue weighted by molar-refractivity contribution is 7.13. The molecule has 0 bridgehead atoms. The second-order valence-corrected chi connectivity index (χ2v) is 5.18. The number of hydrogen-bond donors (Lipinski definition) is 0. The van der Waals surface area contributed by atoms with Crippen molar-refractivity contribution in [3.8, 4) is 0 Å². The molecule has 2 aromatic rings. The lowest BCUT2D eigenvalue weighted by molar-refractivity contribution is 0.645. The first kappa shape index (κ1) is 11.4. The zero-order valence-corrected chi connectivity index (χ0v) is 11.1. The van der Waals surface area contributed by atoms with E-state index in [2.05, 4.69) is 24.8 Å². The fourth-order valence-electron chi connectivity index (χ4n) is 2.11. The van der Waals surface area contributed by atoms with Gasteiger partial charge < -0.3 is 9.80 Å². The molecule has 3 heterocycles. The Morgan fingerprint density at radius 1 is 1.06 bits per heavy atom. The van der Waals surface area contributed by atoms with E-state index in [-0.39, 0.29) is 0 Å². The number of rotatable bonds is 2. The van der Waals surface area contributed by atoms with Crippen molar-refractivity contribution in [3.05, 3.63) is 29.7 Å². The van der Waals surface area contributed by atoms with Crippen LogP contribution in [-0.2, 0) is 0 Å². The second-order valence-electron chi connectivity index (χ2n) is 4.31. The lowest BCUT2D eigenvalue weighted by Gasteiger charge is -2.35. The summed E-state index contributed by atoms with van der Waals surface area (Å²) in [6.07, 6.45) is 3.50. The lowest BCUT2D eigenvalue weighted by atomic mass is 10.3. The fraction of sp³-hybridized carbons (Fsp3) is 0.417. The van der Waals surface area contributed by atoms with Crippen molar-refractivity contribution in [3.63, 3.8) is 0 Å². The SMILES string of the molecule is Cc1cc(N2CCN(c3nccs3)CC2)ncn1. The number of anilines is 2. The number of piperazine rings is 1. The van der Waals surface area contributed by atoms with E-state index in [1.165, 1.54) is 0 Å². The van der Waals surface area contributed by atoms with Crippen molar-refractivity contribution < 1.29 is 0 Å². The molecule has 1 aliphatic rings. The van der Waals surface area contributed by atoms with Crippen LogP contribution >= 0.6 is 11.3 Å². The van der Waals surface area contributed by atoms with Crippen LogP contribution < -0.4 is 9.80 Å². The topological polar surface area (TPSA) is 45.2 Å². The molecule has 94 valence electrons. The standard InChI is InChI=1S/C12H15N5S/c1-10-8-11(15-9-14-10)16-3-5-17(6-4-16)12-13-2-7-18-12/h2,7-9H,3-6H2,1H3. The van der Waals surface area contributed by atoms with Crippen molar-refractivity contribution in [2.24, 2.45) is 0 Å². The summed E-state index contributed by atoms with van der Waals surface area (Å²) in [5.41, 5.74) is 1.02. The third kappa shape index (κ3) is 2.28. The van der Waals surface area contributed by atoms with Crippen molar-refractivity contribution in [2.75, 3.05) is 36.0 Å². The average Bonchev–Trinajstić information content (AvgIpc) is 2.93. The van der Waals surface area contributed by atoms with Crippen LogP contribution in [0.15, 0.2) is 24.0 Å². The summed E-state index contributed by atoms with van der Waals surface area (Å²) in [7, 11) is 0. The minimum absolute atomic E-state index is 0.982. The maximum atomic E-state index is 4.35. The third-order valence-electron chi connectivity index (χ3n) is 3.08. The van der Waals surface area contributed by atoms with E-state index in [1.807, 2.05) is 24.6 Å². The van der Waals surface area contributed by atoms with Gasteiger partial charge in [0.2, 0.25) is 0 Å². The Bertz CT molecular complexity index is 505. The summed E-state index contributed by atoms with van der Waals surface area (Å²) in [5, 5.41) is 3.14. The average molecular weight is 261 g/mol. The molecule has 18 heavy (non-hydrogen) atoms. The van der Waals surface area contributed by atoms with Gasteiger partial charge in [0.25, 0.3) is 0 Å². The number of nitrogens with zero attached hydrogens (tertiary/aromatic N) is 5. The van der Waals surface area contributed by atoms with Gasteiger partial charge in [-0.05, 0) is 6.92 Å². The Balaban J connectivity index is 1.67. The van der Waals surface area contributed by atoms with Crippen LogP contribution in [0.4, 0.5) is 10.9 Å². The lowest BCUT2D eigenvalue weighted by Crippen LogP contribution is -2.46. The van der Waals surface area contributed by atoms with Gasteiger partial charge in [-0.15, -0.1) is 11.3 Å². The Hall–Kier alpha value is -1.69. The minimum Gasteiger partial charge on any atom is -0.353 e. The van der Waals surface area contributed by atoms with Gasteiger partial charge in [0.1, 0.15) is 12.1 Å². The Labute approximate surface area is 110 Å². The molecule has 0 N–H and O–H groups in total. The van der Waals surface area contributed by atoms with Crippen LogP contribution in [-0.4, -0.2) is 41.1 Å². The van der Waals surface area contributed by atoms with Gasteiger partial charge in [-0.1, -0.05) is 0 Å². The molecule has 5 nitrogen and oxygen atoms in total. The van der Waals surface area contributed by atoms with Crippen LogP contribution in [0.1, 0.15) is 5.69 Å². The molecule has 1 saturated heterocycles. The van der Waals surface area contributed by atoms with Gasteiger partial charge in [0.15, 0.2) is 5.13 Å². The first-order valence-electron chi connectivity index (χ1n) is 6.01. The Morgan fingerprint density at radius 3 is 2.50 bits per heavy atom. The monoisotopic (exact) mass is 261 g/mol. The fourth-order valence-corrected chi connectivity index (χ4v) is 2.81. The molecular weight excluding hydrogens is 246 g/mol. The van der Waals surface area contributed by atoms with E-state index in [4.69, 9.17) is 0 Å². The highest BCUT2D eigenvalue weighted by Crippen LogP contribution is 2.20. The van der Waals surface area contributed by atoms with Crippen LogP contribution in [0.3, 0.4) is 0 Å². The van der Waals surface area contributed by atoms with Crippen LogP contribution in [0.5, 0.6) is 0 Å². The van der Waals surface area contributed by atoms with Gasteiger partial charge >= 0.3 is 0 Å². The molecule has 6 heteroatoms. The zero-order chi connectivity index (χ0) is 12.4.